The van der Waals surface area contributed by atoms with Crippen molar-refractivity contribution in [3.8, 4) is 0 Å². The first-order valence-corrected chi connectivity index (χ1v) is 7.07. The van der Waals surface area contributed by atoms with E-state index in [1.807, 2.05) is 6.92 Å². The molecule has 0 rings (SSSR count). The van der Waals surface area contributed by atoms with Crippen molar-refractivity contribution in [3.63, 3.8) is 0 Å². The third-order valence-corrected chi connectivity index (χ3v) is 2.80. The summed E-state index contributed by atoms with van der Waals surface area (Å²) in [7, 11) is 0. The van der Waals surface area contributed by atoms with Gasteiger partial charge in [-0.05, 0) is 39.0 Å². The molecule has 0 radical (unpaired) electrons. The summed E-state index contributed by atoms with van der Waals surface area (Å²) in [6.07, 6.45) is 12.0. The second kappa shape index (κ2) is 11.7. The zero-order chi connectivity index (χ0) is 12.9. The van der Waals surface area contributed by atoms with Gasteiger partial charge in [0.2, 0.25) is 0 Å². The summed E-state index contributed by atoms with van der Waals surface area (Å²) < 4.78 is 5.10. The van der Waals surface area contributed by atoms with Crippen LogP contribution in [0.15, 0.2) is 12.2 Å². The Morgan fingerprint density at radius 2 is 1.76 bits per heavy atom. The summed E-state index contributed by atoms with van der Waals surface area (Å²) in [6, 6.07) is 0. The summed E-state index contributed by atoms with van der Waals surface area (Å²) in [5.74, 6) is 0.103. The van der Waals surface area contributed by atoms with Crippen LogP contribution in [0.1, 0.15) is 65.7 Å². The Morgan fingerprint density at radius 3 is 2.35 bits per heavy atom. The highest BCUT2D eigenvalue weighted by Crippen LogP contribution is 2.17. The van der Waals surface area contributed by atoms with Crippen molar-refractivity contribution in [1.82, 2.24) is 0 Å². The molecule has 2 nitrogen and oxygen atoms in total. The Kier molecular flexibility index (Phi) is 11.1. The maximum absolute atomic E-state index is 11.7. The summed E-state index contributed by atoms with van der Waals surface area (Å²) in [5, 5.41) is 0. The van der Waals surface area contributed by atoms with Crippen molar-refractivity contribution < 1.29 is 9.53 Å². The Hall–Kier alpha value is -0.790. The molecule has 0 aliphatic rings. The van der Waals surface area contributed by atoms with E-state index in [4.69, 9.17) is 4.74 Å². The Morgan fingerprint density at radius 1 is 1.06 bits per heavy atom. The Labute approximate surface area is 106 Å². The minimum Gasteiger partial charge on any atom is -0.466 e. The van der Waals surface area contributed by atoms with Crippen molar-refractivity contribution in [2.45, 2.75) is 65.7 Å². The van der Waals surface area contributed by atoms with E-state index in [0.29, 0.717) is 6.61 Å². The lowest BCUT2D eigenvalue weighted by Gasteiger charge is -2.13. The van der Waals surface area contributed by atoms with Gasteiger partial charge in [0.05, 0.1) is 12.5 Å². The lowest BCUT2D eigenvalue weighted by molar-refractivity contribution is -0.148. The molecule has 17 heavy (non-hydrogen) atoms. The number of ether oxygens (including phenoxy) is 1. The molecule has 0 amide bonds. The average Bonchev–Trinajstić information content (AvgIpc) is 2.32. The predicted octanol–water partition coefficient (Wildman–Crippen LogP) is 4.49. The first kappa shape index (κ1) is 16.2. The van der Waals surface area contributed by atoms with Crippen molar-refractivity contribution in [2.24, 2.45) is 5.92 Å². The van der Waals surface area contributed by atoms with Gasteiger partial charge in [0.15, 0.2) is 0 Å². The second-order valence-corrected chi connectivity index (χ2v) is 4.43. The number of allylic oxidation sites excluding steroid dienone is 2. The quantitative estimate of drug-likeness (QED) is 0.319. The van der Waals surface area contributed by atoms with Crippen LogP contribution in [0.2, 0.25) is 0 Å². The smallest absolute Gasteiger partial charge is 0.308 e. The molecule has 0 N–H and O–H groups in total. The SMILES string of the molecule is CCCC=CCCCC(CCC)C(=O)OCC. The highest BCUT2D eigenvalue weighted by Gasteiger charge is 2.17. The molecule has 0 heterocycles. The Balaban J connectivity index is 3.80. The molecule has 0 aromatic rings. The Bertz CT molecular complexity index is 209. The average molecular weight is 240 g/mol. The normalized spacial score (nSPS) is 12.9. The lowest BCUT2D eigenvalue weighted by atomic mass is 9.97. The zero-order valence-electron chi connectivity index (χ0n) is 11.7. The van der Waals surface area contributed by atoms with Crippen LogP contribution in [0.25, 0.3) is 0 Å². The van der Waals surface area contributed by atoms with Crippen molar-refractivity contribution in [1.29, 1.82) is 0 Å². The lowest BCUT2D eigenvalue weighted by Crippen LogP contribution is -2.17. The van der Waals surface area contributed by atoms with Crippen molar-refractivity contribution in [3.05, 3.63) is 12.2 Å². The van der Waals surface area contributed by atoms with Crippen molar-refractivity contribution in [2.75, 3.05) is 6.61 Å². The van der Waals surface area contributed by atoms with Gasteiger partial charge in [-0.3, -0.25) is 4.79 Å². The number of unbranched alkanes of at least 4 members (excludes halogenated alkanes) is 2. The maximum Gasteiger partial charge on any atom is 0.308 e. The first-order valence-electron chi connectivity index (χ1n) is 7.07. The van der Waals surface area contributed by atoms with E-state index in [1.54, 1.807) is 0 Å². The molecule has 0 aromatic heterocycles. The van der Waals surface area contributed by atoms with Gasteiger partial charge >= 0.3 is 5.97 Å². The van der Waals surface area contributed by atoms with E-state index in [9.17, 15) is 4.79 Å². The van der Waals surface area contributed by atoms with Crippen LogP contribution >= 0.6 is 0 Å². The van der Waals surface area contributed by atoms with Crippen LogP contribution in [0.4, 0.5) is 0 Å². The van der Waals surface area contributed by atoms with Crippen LogP contribution in [0.5, 0.6) is 0 Å². The van der Waals surface area contributed by atoms with E-state index in [0.717, 1.165) is 38.5 Å². The molecule has 0 spiro atoms. The topological polar surface area (TPSA) is 26.3 Å². The minimum absolute atomic E-state index is 0.00751. The van der Waals surface area contributed by atoms with E-state index >= 15 is 0 Å². The molecule has 0 fully saturated rings. The molecular weight excluding hydrogens is 212 g/mol. The maximum atomic E-state index is 11.7. The summed E-state index contributed by atoms with van der Waals surface area (Å²) >= 11 is 0. The fourth-order valence-electron chi connectivity index (χ4n) is 1.87. The highest BCUT2D eigenvalue weighted by molar-refractivity contribution is 5.72. The molecular formula is C15H28O2. The largest absolute Gasteiger partial charge is 0.466 e. The molecule has 1 atom stereocenters. The number of carbonyl (C=O) groups is 1. The van der Waals surface area contributed by atoms with Gasteiger partial charge in [-0.1, -0.05) is 38.8 Å². The number of hydrogen-bond donors (Lipinski definition) is 0. The number of hydrogen-bond acceptors (Lipinski definition) is 2. The molecule has 100 valence electrons. The van der Waals surface area contributed by atoms with Crippen LogP contribution in [0, 0.1) is 5.92 Å². The number of rotatable bonds is 10. The summed E-state index contributed by atoms with van der Waals surface area (Å²) in [5.41, 5.74) is 0. The third-order valence-electron chi connectivity index (χ3n) is 2.80. The third kappa shape index (κ3) is 8.96. The van der Waals surface area contributed by atoms with Crippen LogP contribution in [-0.2, 0) is 9.53 Å². The molecule has 0 bridgehead atoms. The second-order valence-electron chi connectivity index (χ2n) is 4.43. The van der Waals surface area contributed by atoms with E-state index in [1.165, 1.54) is 6.42 Å². The van der Waals surface area contributed by atoms with Gasteiger partial charge in [-0.2, -0.15) is 0 Å². The predicted molar refractivity (Wildman–Crippen MR) is 72.9 cm³/mol. The summed E-state index contributed by atoms with van der Waals surface area (Å²) in [6.45, 7) is 6.67. The standard InChI is InChI=1S/C15H28O2/c1-4-7-8-9-10-11-13-14(12-5-2)15(16)17-6-3/h8-9,14H,4-7,10-13H2,1-3H3. The van der Waals surface area contributed by atoms with Crippen LogP contribution in [0.3, 0.4) is 0 Å². The molecule has 0 aromatic carbocycles. The fourth-order valence-corrected chi connectivity index (χ4v) is 1.87. The van der Waals surface area contributed by atoms with Gasteiger partial charge in [0, 0.05) is 0 Å². The first-order chi connectivity index (χ1) is 8.26. The molecule has 0 saturated heterocycles. The van der Waals surface area contributed by atoms with E-state index in [-0.39, 0.29) is 11.9 Å². The van der Waals surface area contributed by atoms with Crippen molar-refractivity contribution >= 4 is 5.97 Å². The molecule has 0 aliphatic heterocycles. The highest BCUT2D eigenvalue weighted by atomic mass is 16.5. The number of carbonyl (C=O) groups excluding carboxylic acids is 1. The summed E-state index contributed by atoms with van der Waals surface area (Å²) in [4.78, 5) is 11.7. The fraction of sp³-hybridized carbons (Fsp3) is 0.800. The van der Waals surface area contributed by atoms with E-state index < -0.39 is 0 Å². The molecule has 1 unspecified atom stereocenters. The zero-order valence-corrected chi connectivity index (χ0v) is 11.7. The van der Waals surface area contributed by atoms with Gasteiger partial charge in [0.25, 0.3) is 0 Å². The van der Waals surface area contributed by atoms with Crippen LogP contribution < -0.4 is 0 Å². The van der Waals surface area contributed by atoms with E-state index in [2.05, 4.69) is 26.0 Å². The van der Waals surface area contributed by atoms with Gasteiger partial charge in [-0.25, -0.2) is 0 Å². The van der Waals surface area contributed by atoms with Gasteiger partial charge in [-0.15, -0.1) is 0 Å². The molecule has 0 saturated carbocycles. The van der Waals surface area contributed by atoms with Gasteiger partial charge in [0.1, 0.15) is 0 Å². The monoisotopic (exact) mass is 240 g/mol. The molecule has 2 heteroatoms. The number of esters is 1. The van der Waals surface area contributed by atoms with Gasteiger partial charge < -0.3 is 4.74 Å². The molecule has 0 aliphatic carbocycles. The van der Waals surface area contributed by atoms with Crippen LogP contribution in [-0.4, -0.2) is 12.6 Å². The minimum atomic E-state index is -0.00751.